The minimum Gasteiger partial charge on any atom is -0.465 e. The molecule has 0 amide bonds. The standard InChI is InChI=1S/C13H22N2O2S2/c1-5-17-12(16)11(14-9(2)3)6-7-18-13-15-10(4)8-19-13/h8-9,11,14H,5-7H2,1-4H3. The third kappa shape index (κ3) is 6.40. The highest BCUT2D eigenvalue weighted by Crippen LogP contribution is 2.23. The molecular weight excluding hydrogens is 280 g/mol. The van der Waals surface area contributed by atoms with E-state index in [-0.39, 0.29) is 18.1 Å². The minimum atomic E-state index is -0.228. The van der Waals surface area contributed by atoms with E-state index in [0.29, 0.717) is 6.61 Å². The van der Waals surface area contributed by atoms with E-state index in [0.717, 1.165) is 22.2 Å². The average molecular weight is 302 g/mol. The van der Waals surface area contributed by atoms with Gasteiger partial charge in [0.2, 0.25) is 0 Å². The Bertz CT molecular complexity index is 394. The Morgan fingerprint density at radius 3 is 2.84 bits per heavy atom. The van der Waals surface area contributed by atoms with Crippen molar-refractivity contribution in [3.8, 4) is 0 Å². The summed E-state index contributed by atoms with van der Waals surface area (Å²) < 4.78 is 6.15. The summed E-state index contributed by atoms with van der Waals surface area (Å²) in [5.74, 6) is 0.697. The number of esters is 1. The number of hydrogen-bond acceptors (Lipinski definition) is 6. The summed E-state index contributed by atoms with van der Waals surface area (Å²) in [5, 5.41) is 5.29. The van der Waals surface area contributed by atoms with E-state index in [2.05, 4.69) is 10.3 Å². The summed E-state index contributed by atoms with van der Waals surface area (Å²) in [6, 6.07) is 0.0371. The van der Waals surface area contributed by atoms with Gasteiger partial charge >= 0.3 is 5.97 Å². The number of nitrogens with zero attached hydrogens (tertiary/aromatic N) is 1. The number of thioether (sulfide) groups is 1. The van der Waals surface area contributed by atoms with Gasteiger partial charge in [-0.15, -0.1) is 11.3 Å². The molecule has 0 bridgehead atoms. The predicted octanol–water partition coefficient (Wildman–Crippen LogP) is 2.86. The summed E-state index contributed by atoms with van der Waals surface area (Å²) in [6.07, 6.45) is 0.750. The Morgan fingerprint density at radius 1 is 1.58 bits per heavy atom. The molecule has 0 saturated heterocycles. The summed E-state index contributed by atoms with van der Waals surface area (Å²) >= 11 is 3.34. The Kier molecular flexibility index (Phi) is 7.41. The van der Waals surface area contributed by atoms with E-state index in [1.54, 1.807) is 23.1 Å². The summed E-state index contributed by atoms with van der Waals surface area (Å²) in [7, 11) is 0. The van der Waals surface area contributed by atoms with Crippen LogP contribution >= 0.6 is 23.1 Å². The Labute approximate surface area is 123 Å². The maximum Gasteiger partial charge on any atom is 0.323 e. The van der Waals surface area contributed by atoms with Crippen LogP contribution in [0.3, 0.4) is 0 Å². The summed E-state index contributed by atoms with van der Waals surface area (Å²) in [6.45, 7) is 8.31. The van der Waals surface area contributed by atoms with Gasteiger partial charge in [-0.1, -0.05) is 25.6 Å². The van der Waals surface area contributed by atoms with E-state index >= 15 is 0 Å². The van der Waals surface area contributed by atoms with E-state index in [1.165, 1.54) is 0 Å². The van der Waals surface area contributed by atoms with Crippen molar-refractivity contribution in [3.63, 3.8) is 0 Å². The molecule has 0 spiro atoms. The molecule has 0 aliphatic carbocycles. The zero-order valence-corrected chi connectivity index (χ0v) is 13.6. The number of aromatic nitrogens is 1. The second kappa shape index (κ2) is 8.55. The van der Waals surface area contributed by atoms with Gasteiger partial charge in [-0.05, 0) is 20.3 Å². The van der Waals surface area contributed by atoms with Crippen LogP contribution in [0.25, 0.3) is 0 Å². The van der Waals surface area contributed by atoms with Crippen LogP contribution < -0.4 is 5.32 Å². The van der Waals surface area contributed by atoms with Crippen LogP contribution in [0.5, 0.6) is 0 Å². The molecule has 0 aliphatic rings. The molecule has 19 heavy (non-hydrogen) atoms. The molecule has 0 aliphatic heterocycles. The fourth-order valence-corrected chi connectivity index (χ4v) is 3.50. The van der Waals surface area contributed by atoms with E-state index in [1.807, 2.05) is 33.1 Å². The molecule has 1 aromatic rings. The predicted molar refractivity (Wildman–Crippen MR) is 80.9 cm³/mol. The fraction of sp³-hybridized carbons (Fsp3) is 0.692. The number of carbonyl (C=O) groups excluding carboxylic acids is 1. The quantitative estimate of drug-likeness (QED) is 0.591. The van der Waals surface area contributed by atoms with Gasteiger partial charge in [0.15, 0.2) is 0 Å². The largest absolute Gasteiger partial charge is 0.465 e. The molecule has 0 radical (unpaired) electrons. The molecule has 1 N–H and O–H groups in total. The van der Waals surface area contributed by atoms with Crippen LogP contribution in [0.2, 0.25) is 0 Å². The average Bonchev–Trinajstić information content (AvgIpc) is 2.73. The van der Waals surface area contributed by atoms with Crippen molar-refractivity contribution in [1.82, 2.24) is 10.3 Å². The first-order valence-corrected chi connectivity index (χ1v) is 8.37. The lowest BCUT2D eigenvalue weighted by Gasteiger charge is -2.19. The summed E-state index contributed by atoms with van der Waals surface area (Å²) in [4.78, 5) is 16.2. The maximum atomic E-state index is 11.8. The van der Waals surface area contributed by atoms with Crippen molar-refractivity contribution in [3.05, 3.63) is 11.1 Å². The highest BCUT2D eigenvalue weighted by Gasteiger charge is 2.20. The lowest BCUT2D eigenvalue weighted by atomic mass is 10.2. The topological polar surface area (TPSA) is 51.2 Å². The van der Waals surface area contributed by atoms with Crippen molar-refractivity contribution < 1.29 is 9.53 Å². The van der Waals surface area contributed by atoms with Crippen molar-refractivity contribution in [2.45, 2.75) is 50.5 Å². The number of nitrogens with one attached hydrogen (secondary N) is 1. The van der Waals surface area contributed by atoms with Crippen LogP contribution in [0.1, 0.15) is 32.9 Å². The Hall–Kier alpha value is -0.590. The zero-order chi connectivity index (χ0) is 14.3. The molecule has 0 fully saturated rings. The fourth-order valence-electron chi connectivity index (χ4n) is 1.58. The van der Waals surface area contributed by atoms with E-state index in [4.69, 9.17) is 4.74 Å². The molecule has 1 atom stereocenters. The first kappa shape index (κ1) is 16.5. The maximum absolute atomic E-state index is 11.8. The second-order valence-corrected chi connectivity index (χ2v) is 6.72. The molecule has 1 unspecified atom stereocenters. The van der Waals surface area contributed by atoms with Crippen LogP contribution in [0.4, 0.5) is 0 Å². The van der Waals surface area contributed by atoms with Crippen LogP contribution in [0, 0.1) is 6.92 Å². The first-order valence-electron chi connectivity index (χ1n) is 6.50. The van der Waals surface area contributed by atoms with Gasteiger partial charge in [0.05, 0.1) is 6.61 Å². The number of aryl methyl sites for hydroxylation is 1. The smallest absolute Gasteiger partial charge is 0.323 e. The first-order chi connectivity index (χ1) is 9.02. The molecule has 1 aromatic heterocycles. The number of carbonyl (C=O) groups is 1. The highest BCUT2D eigenvalue weighted by molar-refractivity contribution is 8.01. The van der Waals surface area contributed by atoms with E-state index in [9.17, 15) is 4.79 Å². The van der Waals surface area contributed by atoms with Gasteiger partial charge in [-0.2, -0.15) is 0 Å². The molecule has 6 heteroatoms. The number of rotatable bonds is 8. The normalized spacial score (nSPS) is 12.7. The van der Waals surface area contributed by atoms with Crippen molar-refractivity contribution >= 4 is 29.1 Å². The monoisotopic (exact) mass is 302 g/mol. The molecule has 0 saturated carbocycles. The zero-order valence-electron chi connectivity index (χ0n) is 11.9. The summed E-state index contributed by atoms with van der Waals surface area (Å²) in [5.41, 5.74) is 1.05. The Morgan fingerprint density at radius 2 is 2.32 bits per heavy atom. The molecule has 108 valence electrons. The van der Waals surface area contributed by atoms with Gasteiger partial charge in [-0.3, -0.25) is 4.79 Å². The number of ether oxygens (including phenoxy) is 1. The number of hydrogen-bond donors (Lipinski definition) is 1. The van der Waals surface area contributed by atoms with Crippen molar-refractivity contribution in [2.24, 2.45) is 0 Å². The van der Waals surface area contributed by atoms with Crippen molar-refractivity contribution in [2.75, 3.05) is 12.4 Å². The Balaban J connectivity index is 2.41. The van der Waals surface area contributed by atoms with Gasteiger partial charge in [0.1, 0.15) is 10.4 Å². The second-order valence-electron chi connectivity index (χ2n) is 4.52. The highest BCUT2D eigenvalue weighted by atomic mass is 32.2. The van der Waals surface area contributed by atoms with Gasteiger partial charge in [0.25, 0.3) is 0 Å². The van der Waals surface area contributed by atoms with Crippen LogP contribution in [-0.4, -0.2) is 35.4 Å². The van der Waals surface area contributed by atoms with Crippen molar-refractivity contribution in [1.29, 1.82) is 0 Å². The third-order valence-corrected chi connectivity index (χ3v) is 4.51. The van der Waals surface area contributed by atoms with Crippen LogP contribution in [0.15, 0.2) is 9.72 Å². The third-order valence-electron chi connectivity index (χ3n) is 2.34. The molecular formula is C13H22N2O2S2. The molecule has 0 aromatic carbocycles. The SMILES string of the molecule is CCOC(=O)C(CCSc1nc(C)cs1)NC(C)C. The lowest BCUT2D eigenvalue weighted by molar-refractivity contribution is -0.145. The minimum absolute atomic E-state index is 0.160. The van der Waals surface area contributed by atoms with Gasteiger partial charge in [-0.25, -0.2) is 4.98 Å². The molecule has 4 nitrogen and oxygen atoms in total. The van der Waals surface area contributed by atoms with Gasteiger partial charge in [0, 0.05) is 22.9 Å². The van der Waals surface area contributed by atoms with Gasteiger partial charge < -0.3 is 10.1 Å². The molecule has 1 rings (SSSR count). The van der Waals surface area contributed by atoms with Crippen LogP contribution in [-0.2, 0) is 9.53 Å². The lowest BCUT2D eigenvalue weighted by Crippen LogP contribution is -2.42. The van der Waals surface area contributed by atoms with E-state index < -0.39 is 0 Å². The molecule has 1 heterocycles. The number of thiazole rings is 1.